The molecule has 0 bridgehead atoms. The van der Waals surface area contributed by atoms with Crippen LogP contribution in [-0.4, -0.2) is 16.8 Å². The van der Waals surface area contributed by atoms with Gasteiger partial charge in [-0.3, -0.25) is 0 Å². The van der Waals surface area contributed by atoms with Crippen molar-refractivity contribution in [2.45, 2.75) is 57.1 Å². The van der Waals surface area contributed by atoms with E-state index in [-0.39, 0.29) is 5.60 Å². The van der Waals surface area contributed by atoms with Gasteiger partial charge in [0.1, 0.15) is 0 Å². The summed E-state index contributed by atoms with van der Waals surface area (Å²) in [7, 11) is 0. The largest absolute Gasteiger partial charge is 0.375 e. The van der Waals surface area contributed by atoms with Gasteiger partial charge in [-0.05, 0) is 79.1 Å². The molecule has 1 aromatic heterocycles. The molecule has 0 radical (unpaired) electrons. The number of ether oxygens (including phenoxy) is 1. The monoisotopic (exact) mass is 372 g/mol. The minimum absolute atomic E-state index is 0.181. The second kappa shape index (κ2) is 5.65. The van der Waals surface area contributed by atoms with Crippen molar-refractivity contribution in [1.29, 1.82) is 5.26 Å². The molecular weight excluding hydrogens is 352 g/mol. The van der Waals surface area contributed by atoms with Crippen LogP contribution >= 0.6 is 15.9 Å². The van der Waals surface area contributed by atoms with Gasteiger partial charge < -0.3 is 9.30 Å². The highest BCUT2D eigenvalue weighted by Gasteiger charge is 2.39. The summed E-state index contributed by atoms with van der Waals surface area (Å²) in [5.74, 6) is 0. The zero-order valence-corrected chi connectivity index (χ0v) is 15.0. The van der Waals surface area contributed by atoms with Gasteiger partial charge in [-0.25, -0.2) is 0 Å². The van der Waals surface area contributed by atoms with Gasteiger partial charge in [0.15, 0.2) is 0 Å². The summed E-state index contributed by atoms with van der Waals surface area (Å²) >= 11 is 3.68. The first-order valence-corrected chi connectivity index (χ1v) is 9.26. The number of aryl methyl sites for hydroxylation is 1. The highest BCUT2D eigenvalue weighted by atomic mass is 79.9. The van der Waals surface area contributed by atoms with Crippen molar-refractivity contribution >= 4 is 26.8 Å². The lowest BCUT2D eigenvalue weighted by Crippen LogP contribution is -2.33. The lowest BCUT2D eigenvalue weighted by Gasteiger charge is -2.37. The smallest absolute Gasteiger partial charge is 0.0994 e. The normalized spacial score (nSPS) is 27.6. The standard InChI is InChI=1S/C19H21BrN2O/c1-13-9-18-16(10-14(13)11-21)17(20)12-22(18)15-3-6-19(7-4-15)5-2-8-23-19/h9-10,12,15H,2-8H2,1H3. The highest BCUT2D eigenvalue weighted by molar-refractivity contribution is 9.10. The summed E-state index contributed by atoms with van der Waals surface area (Å²) in [6.07, 6.45) is 9.35. The number of fused-ring (bicyclic) bond motifs is 1. The molecule has 2 heterocycles. The Kier molecular flexibility index (Phi) is 3.74. The van der Waals surface area contributed by atoms with E-state index in [1.54, 1.807) is 0 Å². The van der Waals surface area contributed by atoms with E-state index >= 15 is 0 Å². The Hall–Kier alpha value is -1.31. The zero-order valence-electron chi connectivity index (χ0n) is 13.4. The molecule has 1 aromatic carbocycles. The molecule has 0 atom stereocenters. The molecule has 0 N–H and O–H groups in total. The van der Waals surface area contributed by atoms with Gasteiger partial charge in [-0.1, -0.05) is 0 Å². The van der Waals surface area contributed by atoms with E-state index < -0.39 is 0 Å². The maximum Gasteiger partial charge on any atom is 0.0994 e. The molecule has 2 aromatic rings. The third-order valence-corrected chi connectivity index (χ3v) is 6.33. The Morgan fingerprint density at radius 1 is 1.30 bits per heavy atom. The maximum absolute atomic E-state index is 9.26. The van der Waals surface area contributed by atoms with E-state index in [0.717, 1.165) is 27.6 Å². The molecule has 1 aliphatic heterocycles. The van der Waals surface area contributed by atoms with Crippen LogP contribution in [0, 0.1) is 18.3 Å². The van der Waals surface area contributed by atoms with Crippen molar-refractivity contribution < 1.29 is 4.74 Å². The van der Waals surface area contributed by atoms with Crippen molar-refractivity contribution in [3.8, 4) is 6.07 Å². The molecular formula is C19H21BrN2O. The average molecular weight is 373 g/mol. The fourth-order valence-corrected chi connectivity index (χ4v) is 4.88. The molecule has 2 aliphatic rings. The van der Waals surface area contributed by atoms with Crippen LogP contribution in [0.25, 0.3) is 10.9 Å². The molecule has 4 rings (SSSR count). The number of nitrogens with zero attached hydrogens (tertiary/aromatic N) is 2. The minimum Gasteiger partial charge on any atom is -0.375 e. The van der Waals surface area contributed by atoms with Crippen LogP contribution in [0.2, 0.25) is 0 Å². The van der Waals surface area contributed by atoms with Gasteiger partial charge in [0, 0.05) is 34.2 Å². The van der Waals surface area contributed by atoms with Crippen LogP contribution in [0.1, 0.15) is 55.7 Å². The number of rotatable bonds is 1. The van der Waals surface area contributed by atoms with Gasteiger partial charge in [-0.15, -0.1) is 0 Å². The Balaban J connectivity index is 1.67. The quantitative estimate of drug-likeness (QED) is 0.685. The molecule has 0 unspecified atom stereocenters. The number of nitriles is 1. The lowest BCUT2D eigenvalue weighted by atomic mass is 9.80. The van der Waals surface area contributed by atoms with E-state index in [1.165, 1.54) is 44.0 Å². The maximum atomic E-state index is 9.26. The zero-order chi connectivity index (χ0) is 16.0. The summed E-state index contributed by atoms with van der Waals surface area (Å²) in [5, 5.41) is 10.4. The summed E-state index contributed by atoms with van der Waals surface area (Å²) in [4.78, 5) is 0. The van der Waals surface area contributed by atoms with Gasteiger partial charge >= 0.3 is 0 Å². The van der Waals surface area contributed by atoms with Crippen LogP contribution in [0.15, 0.2) is 22.8 Å². The van der Waals surface area contributed by atoms with Crippen molar-refractivity contribution in [1.82, 2.24) is 4.57 Å². The third-order valence-electron chi connectivity index (χ3n) is 5.70. The number of benzene rings is 1. The predicted octanol–water partition coefficient (Wildman–Crippen LogP) is 5.25. The molecule has 3 nitrogen and oxygen atoms in total. The number of hydrogen-bond donors (Lipinski definition) is 0. The van der Waals surface area contributed by atoms with E-state index in [2.05, 4.69) is 38.8 Å². The van der Waals surface area contributed by atoms with Crippen LogP contribution in [0.5, 0.6) is 0 Å². The van der Waals surface area contributed by atoms with E-state index in [9.17, 15) is 5.26 Å². The van der Waals surface area contributed by atoms with Gasteiger partial charge in [0.05, 0.1) is 17.2 Å². The Labute approximate surface area is 145 Å². The second-order valence-corrected chi connectivity index (χ2v) is 7.90. The number of aromatic nitrogens is 1. The second-order valence-electron chi connectivity index (χ2n) is 7.05. The molecule has 4 heteroatoms. The molecule has 23 heavy (non-hydrogen) atoms. The lowest BCUT2D eigenvalue weighted by molar-refractivity contribution is -0.0328. The highest BCUT2D eigenvalue weighted by Crippen LogP contribution is 2.44. The Bertz CT molecular complexity index is 786. The van der Waals surface area contributed by atoms with E-state index in [0.29, 0.717) is 6.04 Å². The molecule has 120 valence electrons. The fraction of sp³-hybridized carbons (Fsp3) is 0.526. The van der Waals surface area contributed by atoms with Crippen LogP contribution in [-0.2, 0) is 4.74 Å². The minimum atomic E-state index is 0.181. The molecule has 2 fully saturated rings. The van der Waals surface area contributed by atoms with Gasteiger partial charge in [0.25, 0.3) is 0 Å². The van der Waals surface area contributed by atoms with Gasteiger partial charge in [0.2, 0.25) is 0 Å². The van der Waals surface area contributed by atoms with E-state index in [4.69, 9.17) is 4.74 Å². The first kappa shape index (κ1) is 15.2. The molecule has 0 amide bonds. The molecule has 1 aliphatic carbocycles. The summed E-state index contributed by atoms with van der Waals surface area (Å²) in [5.41, 5.74) is 3.23. The SMILES string of the molecule is Cc1cc2c(cc1C#N)c(Br)cn2C1CCC2(CCCO2)CC1. The van der Waals surface area contributed by atoms with Gasteiger partial charge in [-0.2, -0.15) is 5.26 Å². The Morgan fingerprint density at radius 3 is 2.74 bits per heavy atom. The molecule has 1 saturated carbocycles. The average Bonchev–Trinajstić information content (AvgIpc) is 3.13. The molecule has 1 spiro atoms. The predicted molar refractivity (Wildman–Crippen MR) is 94.5 cm³/mol. The first-order chi connectivity index (χ1) is 11.1. The fourth-order valence-electron chi connectivity index (χ4n) is 4.34. The van der Waals surface area contributed by atoms with Crippen molar-refractivity contribution in [2.75, 3.05) is 6.61 Å². The number of hydrogen-bond acceptors (Lipinski definition) is 2. The van der Waals surface area contributed by atoms with Crippen LogP contribution in [0.3, 0.4) is 0 Å². The topological polar surface area (TPSA) is 38.0 Å². The van der Waals surface area contributed by atoms with Crippen molar-refractivity contribution in [3.05, 3.63) is 33.9 Å². The first-order valence-electron chi connectivity index (χ1n) is 8.47. The summed E-state index contributed by atoms with van der Waals surface area (Å²) in [6.45, 7) is 2.96. The van der Waals surface area contributed by atoms with Crippen molar-refractivity contribution in [3.63, 3.8) is 0 Å². The van der Waals surface area contributed by atoms with E-state index in [1.807, 2.05) is 13.0 Å². The van der Waals surface area contributed by atoms with Crippen molar-refractivity contribution in [2.24, 2.45) is 0 Å². The molecule has 1 saturated heterocycles. The number of halogens is 1. The third kappa shape index (κ3) is 2.51. The van der Waals surface area contributed by atoms with Crippen LogP contribution < -0.4 is 0 Å². The summed E-state index contributed by atoms with van der Waals surface area (Å²) < 4.78 is 9.55. The Morgan fingerprint density at radius 2 is 2.09 bits per heavy atom. The summed E-state index contributed by atoms with van der Waals surface area (Å²) in [6, 6.07) is 6.99. The van der Waals surface area contributed by atoms with Crippen LogP contribution in [0.4, 0.5) is 0 Å².